The number of hydrogen-bond donors (Lipinski definition) is 3. The number of hydrogen-bond acceptors (Lipinski definition) is 4. The molecule has 0 aliphatic carbocycles. The fraction of sp³-hybridized carbons (Fsp3) is 0.429. The Morgan fingerprint density at radius 2 is 2.05 bits per heavy atom. The van der Waals surface area contributed by atoms with Crippen LogP contribution in [-0.4, -0.2) is 35.8 Å². The van der Waals surface area contributed by atoms with Crippen molar-refractivity contribution in [1.82, 2.24) is 4.90 Å². The second-order valence-corrected chi connectivity index (χ2v) is 5.50. The van der Waals surface area contributed by atoms with Crippen molar-refractivity contribution in [2.45, 2.75) is 26.3 Å². The van der Waals surface area contributed by atoms with Crippen LogP contribution in [0.4, 0.5) is 11.4 Å². The Bertz CT molecular complexity index is 520. The maximum absolute atomic E-state index is 11.9. The monoisotopic (exact) mass is 312 g/mol. The van der Waals surface area contributed by atoms with Gasteiger partial charge in [-0.2, -0.15) is 0 Å². The predicted octanol–water partition coefficient (Wildman–Crippen LogP) is 1.45. The van der Waals surface area contributed by atoms with Gasteiger partial charge in [0.25, 0.3) is 0 Å². The number of rotatable bonds is 7. The van der Waals surface area contributed by atoms with E-state index in [-0.39, 0.29) is 24.9 Å². The molecule has 0 saturated heterocycles. The molecule has 0 unspecified atom stereocenters. The molecule has 0 spiro atoms. The molecule has 0 aliphatic heterocycles. The second kappa shape index (κ2) is 7.85. The fourth-order valence-corrected chi connectivity index (χ4v) is 1.99. The average Bonchev–Trinajstić information content (AvgIpc) is 2.38. The van der Waals surface area contributed by atoms with E-state index in [1.807, 2.05) is 18.7 Å². The number of primary amides is 1. The summed E-state index contributed by atoms with van der Waals surface area (Å²) in [5.74, 6) is -0.609. The van der Waals surface area contributed by atoms with Crippen LogP contribution in [-0.2, 0) is 9.59 Å². The first-order chi connectivity index (χ1) is 9.79. The first-order valence-corrected chi connectivity index (χ1v) is 7.04. The summed E-state index contributed by atoms with van der Waals surface area (Å²) in [4.78, 5) is 24.8. The maximum atomic E-state index is 11.9. The minimum Gasteiger partial charge on any atom is -0.397 e. The molecule has 0 saturated carbocycles. The van der Waals surface area contributed by atoms with Crippen molar-refractivity contribution in [3.8, 4) is 0 Å². The van der Waals surface area contributed by atoms with Crippen LogP contribution in [0.3, 0.4) is 0 Å². The number of anilines is 2. The summed E-state index contributed by atoms with van der Waals surface area (Å²) in [5.41, 5.74) is 11.9. The zero-order valence-corrected chi connectivity index (χ0v) is 13.0. The van der Waals surface area contributed by atoms with Crippen molar-refractivity contribution in [2.75, 3.05) is 24.1 Å². The van der Waals surface area contributed by atoms with Crippen LogP contribution in [0.2, 0.25) is 5.02 Å². The van der Waals surface area contributed by atoms with Crippen LogP contribution in [0.25, 0.3) is 0 Å². The molecule has 0 bridgehead atoms. The van der Waals surface area contributed by atoms with Crippen LogP contribution in [0, 0.1) is 0 Å². The zero-order valence-electron chi connectivity index (χ0n) is 12.2. The lowest BCUT2D eigenvalue weighted by molar-refractivity contribution is -0.121. The number of nitrogens with zero attached hydrogens (tertiary/aromatic N) is 1. The standard InChI is InChI=1S/C14H21ClN4O2/c1-9(2)19(8-13(17)20)6-5-14(21)18-12-7-10(15)3-4-11(12)16/h3-4,7,9H,5-6,8,16H2,1-2H3,(H2,17,20)(H,18,21). The molecule has 0 fully saturated rings. The van der Waals surface area contributed by atoms with Crippen molar-refractivity contribution >= 4 is 34.8 Å². The van der Waals surface area contributed by atoms with Crippen LogP contribution < -0.4 is 16.8 Å². The van der Waals surface area contributed by atoms with Gasteiger partial charge in [-0.05, 0) is 32.0 Å². The summed E-state index contributed by atoms with van der Waals surface area (Å²) in [5, 5.41) is 3.20. The number of carbonyl (C=O) groups excluding carboxylic acids is 2. The van der Waals surface area contributed by atoms with Crippen molar-refractivity contribution in [3.63, 3.8) is 0 Å². The molecule has 21 heavy (non-hydrogen) atoms. The smallest absolute Gasteiger partial charge is 0.231 e. The van der Waals surface area contributed by atoms with Crippen LogP contribution in [0.1, 0.15) is 20.3 Å². The molecule has 5 N–H and O–H groups in total. The van der Waals surface area contributed by atoms with Crippen molar-refractivity contribution in [1.29, 1.82) is 0 Å². The van der Waals surface area contributed by atoms with Crippen molar-refractivity contribution in [3.05, 3.63) is 23.2 Å². The number of nitrogen functional groups attached to an aromatic ring is 1. The van der Waals surface area contributed by atoms with Gasteiger partial charge < -0.3 is 16.8 Å². The molecular formula is C14H21ClN4O2. The number of nitrogens with one attached hydrogen (secondary N) is 1. The predicted molar refractivity (Wildman–Crippen MR) is 85.0 cm³/mol. The summed E-state index contributed by atoms with van der Waals surface area (Å²) >= 11 is 5.86. The summed E-state index contributed by atoms with van der Waals surface area (Å²) in [6.07, 6.45) is 0.234. The maximum Gasteiger partial charge on any atom is 0.231 e. The molecule has 116 valence electrons. The summed E-state index contributed by atoms with van der Waals surface area (Å²) in [6.45, 7) is 4.45. The number of nitrogens with two attached hydrogens (primary N) is 2. The Hall–Kier alpha value is -1.79. The minimum absolute atomic E-state index is 0.126. The number of benzene rings is 1. The van der Waals surface area contributed by atoms with E-state index in [4.69, 9.17) is 23.1 Å². The highest BCUT2D eigenvalue weighted by Crippen LogP contribution is 2.22. The molecule has 0 atom stereocenters. The van der Waals surface area contributed by atoms with E-state index in [0.717, 1.165) is 0 Å². The van der Waals surface area contributed by atoms with Gasteiger partial charge in [0, 0.05) is 24.0 Å². The second-order valence-electron chi connectivity index (χ2n) is 5.06. The van der Waals surface area contributed by atoms with Gasteiger partial charge >= 0.3 is 0 Å². The zero-order chi connectivity index (χ0) is 16.0. The van der Waals surface area contributed by atoms with E-state index < -0.39 is 5.91 Å². The van der Waals surface area contributed by atoms with E-state index >= 15 is 0 Å². The quantitative estimate of drug-likeness (QED) is 0.663. The SMILES string of the molecule is CC(C)N(CCC(=O)Nc1cc(Cl)ccc1N)CC(N)=O. The Kier molecular flexibility index (Phi) is 6.45. The number of amides is 2. The third kappa shape index (κ3) is 6.01. The van der Waals surface area contributed by atoms with Gasteiger partial charge in [-0.3, -0.25) is 14.5 Å². The van der Waals surface area contributed by atoms with Gasteiger partial charge in [0.05, 0.1) is 17.9 Å². The highest BCUT2D eigenvalue weighted by atomic mass is 35.5. The van der Waals surface area contributed by atoms with Gasteiger partial charge in [-0.1, -0.05) is 11.6 Å². The highest BCUT2D eigenvalue weighted by Gasteiger charge is 2.14. The van der Waals surface area contributed by atoms with E-state index in [1.165, 1.54) is 0 Å². The lowest BCUT2D eigenvalue weighted by atomic mass is 10.2. The molecule has 0 heterocycles. The first-order valence-electron chi connectivity index (χ1n) is 6.67. The van der Waals surface area contributed by atoms with E-state index in [9.17, 15) is 9.59 Å². The Balaban J connectivity index is 2.56. The van der Waals surface area contributed by atoms with Crippen LogP contribution in [0.5, 0.6) is 0 Å². The summed E-state index contributed by atoms with van der Waals surface area (Å²) in [6, 6.07) is 5.01. The van der Waals surface area contributed by atoms with Gasteiger partial charge in [-0.25, -0.2) is 0 Å². The molecule has 1 rings (SSSR count). The van der Waals surface area contributed by atoms with Gasteiger partial charge in [-0.15, -0.1) is 0 Å². The normalized spacial score (nSPS) is 10.9. The molecule has 2 amide bonds. The van der Waals surface area contributed by atoms with Gasteiger partial charge in [0.1, 0.15) is 0 Å². The summed E-state index contributed by atoms with van der Waals surface area (Å²) in [7, 11) is 0. The third-order valence-electron chi connectivity index (χ3n) is 3.00. The molecule has 6 nitrogen and oxygen atoms in total. The van der Waals surface area contributed by atoms with Gasteiger partial charge in [0.2, 0.25) is 11.8 Å². The topological polar surface area (TPSA) is 101 Å². The highest BCUT2D eigenvalue weighted by molar-refractivity contribution is 6.31. The molecule has 0 radical (unpaired) electrons. The number of carbonyl (C=O) groups is 2. The Morgan fingerprint density at radius 3 is 2.62 bits per heavy atom. The molecule has 0 aliphatic rings. The summed E-state index contributed by atoms with van der Waals surface area (Å²) < 4.78 is 0. The Labute approximate surface area is 129 Å². The molecule has 7 heteroatoms. The van der Waals surface area contributed by atoms with Gasteiger partial charge in [0.15, 0.2) is 0 Å². The van der Waals surface area contributed by atoms with E-state index in [1.54, 1.807) is 18.2 Å². The van der Waals surface area contributed by atoms with E-state index in [0.29, 0.717) is 22.9 Å². The van der Waals surface area contributed by atoms with Crippen molar-refractivity contribution in [2.24, 2.45) is 5.73 Å². The van der Waals surface area contributed by atoms with E-state index in [2.05, 4.69) is 5.32 Å². The average molecular weight is 313 g/mol. The largest absolute Gasteiger partial charge is 0.397 e. The molecule has 1 aromatic carbocycles. The first kappa shape index (κ1) is 17.3. The third-order valence-corrected chi connectivity index (χ3v) is 3.24. The molecule has 0 aromatic heterocycles. The lowest BCUT2D eigenvalue weighted by Crippen LogP contribution is -2.40. The lowest BCUT2D eigenvalue weighted by Gasteiger charge is -2.24. The molecular weight excluding hydrogens is 292 g/mol. The number of halogens is 1. The fourth-order valence-electron chi connectivity index (χ4n) is 1.81. The van der Waals surface area contributed by atoms with Crippen LogP contribution >= 0.6 is 11.6 Å². The minimum atomic E-state index is -0.414. The van der Waals surface area contributed by atoms with Crippen molar-refractivity contribution < 1.29 is 9.59 Å². The van der Waals surface area contributed by atoms with Crippen LogP contribution in [0.15, 0.2) is 18.2 Å². The Morgan fingerprint density at radius 1 is 1.38 bits per heavy atom. The molecule has 1 aromatic rings.